The zero-order valence-corrected chi connectivity index (χ0v) is 13.5. The Kier molecular flexibility index (Phi) is 4.20. The van der Waals surface area contributed by atoms with Crippen LogP contribution in [0, 0.1) is 6.92 Å². The number of rotatable bonds is 3. The van der Waals surface area contributed by atoms with Crippen molar-refractivity contribution in [2.24, 2.45) is 0 Å². The number of aryl methyl sites for hydroxylation is 1. The van der Waals surface area contributed by atoms with E-state index in [2.05, 4.69) is 15.1 Å². The Balaban J connectivity index is 1.87. The standard InChI is InChI=1S/C17H15F3N4O/c1-10(12-3-5-14(6-4-12)17(18,19)20)13-8-21-24(9-13)15-7-16(25)23-11(2)22-15/h3-10H,1-2H3,(H,22,23,25)/t10-/m1/s1. The Bertz CT molecular complexity index is 942. The molecule has 0 aliphatic carbocycles. The molecular formula is C17H15F3N4O. The second kappa shape index (κ2) is 6.19. The molecule has 25 heavy (non-hydrogen) atoms. The van der Waals surface area contributed by atoms with E-state index in [0.29, 0.717) is 11.6 Å². The molecule has 2 aromatic heterocycles. The first-order valence-corrected chi connectivity index (χ1v) is 7.54. The molecule has 1 N–H and O–H groups in total. The molecule has 1 aromatic carbocycles. The van der Waals surface area contributed by atoms with Crippen LogP contribution in [0.5, 0.6) is 0 Å². The van der Waals surface area contributed by atoms with E-state index in [1.165, 1.54) is 22.9 Å². The molecule has 3 aromatic rings. The SMILES string of the molecule is Cc1nc(-n2cc([C@H](C)c3ccc(C(F)(F)F)cc3)cn2)cc(=O)[nH]1. The molecule has 0 bridgehead atoms. The number of aromatic amines is 1. The van der Waals surface area contributed by atoms with Gasteiger partial charge in [0.15, 0.2) is 5.82 Å². The minimum atomic E-state index is -4.35. The number of hydrogen-bond donors (Lipinski definition) is 1. The Labute approximate surface area is 141 Å². The first-order chi connectivity index (χ1) is 11.7. The van der Waals surface area contributed by atoms with Gasteiger partial charge in [-0.2, -0.15) is 18.3 Å². The van der Waals surface area contributed by atoms with Crippen molar-refractivity contribution < 1.29 is 13.2 Å². The van der Waals surface area contributed by atoms with Gasteiger partial charge in [-0.1, -0.05) is 19.1 Å². The molecule has 0 saturated carbocycles. The molecule has 3 rings (SSSR count). The number of hydrogen-bond acceptors (Lipinski definition) is 3. The Morgan fingerprint density at radius 1 is 1.16 bits per heavy atom. The second-order valence-electron chi connectivity index (χ2n) is 5.75. The van der Waals surface area contributed by atoms with Gasteiger partial charge in [0.25, 0.3) is 5.56 Å². The van der Waals surface area contributed by atoms with Crippen molar-refractivity contribution in [2.45, 2.75) is 25.9 Å². The van der Waals surface area contributed by atoms with Gasteiger partial charge in [0.1, 0.15) is 5.82 Å². The van der Waals surface area contributed by atoms with Crippen LogP contribution < -0.4 is 5.56 Å². The number of H-pyrrole nitrogens is 1. The summed E-state index contributed by atoms with van der Waals surface area (Å²) in [6.07, 6.45) is -1.03. The summed E-state index contributed by atoms with van der Waals surface area (Å²) in [5, 5.41) is 4.19. The van der Waals surface area contributed by atoms with Crippen LogP contribution in [-0.2, 0) is 6.18 Å². The van der Waals surface area contributed by atoms with Crippen LogP contribution >= 0.6 is 0 Å². The van der Waals surface area contributed by atoms with Gasteiger partial charge in [0.05, 0.1) is 11.8 Å². The molecule has 0 aliphatic rings. The van der Waals surface area contributed by atoms with E-state index >= 15 is 0 Å². The predicted octanol–water partition coefficient (Wildman–Crippen LogP) is 3.43. The predicted molar refractivity (Wildman–Crippen MR) is 85.7 cm³/mol. The first kappa shape index (κ1) is 16.9. The van der Waals surface area contributed by atoms with Gasteiger partial charge in [0, 0.05) is 18.2 Å². The molecule has 0 fully saturated rings. The Morgan fingerprint density at radius 3 is 2.44 bits per heavy atom. The lowest BCUT2D eigenvalue weighted by Crippen LogP contribution is -2.12. The van der Waals surface area contributed by atoms with E-state index in [4.69, 9.17) is 0 Å². The molecule has 0 saturated heterocycles. The van der Waals surface area contributed by atoms with Crippen molar-refractivity contribution in [3.63, 3.8) is 0 Å². The maximum absolute atomic E-state index is 12.7. The van der Waals surface area contributed by atoms with Crippen molar-refractivity contribution in [3.05, 3.63) is 75.6 Å². The fourth-order valence-electron chi connectivity index (χ4n) is 2.52. The molecule has 0 spiro atoms. The average molecular weight is 348 g/mol. The fraction of sp³-hybridized carbons (Fsp3) is 0.235. The van der Waals surface area contributed by atoms with E-state index in [9.17, 15) is 18.0 Å². The summed E-state index contributed by atoms with van der Waals surface area (Å²) >= 11 is 0. The van der Waals surface area contributed by atoms with Crippen molar-refractivity contribution in [2.75, 3.05) is 0 Å². The fourth-order valence-corrected chi connectivity index (χ4v) is 2.52. The molecule has 8 heteroatoms. The highest BCUT2D eigenvalue weighted by Crippen LogP contribution is 2.31. The average Bonchev–Trinajstić information content (AvgIpc) is 3.02. The van der Waals surface area contributed by atoms with E-state index in [0.717, 1.165) is 23.3 Å². The Morgan fingerprint density at radius 2 is 1.84 bits per heavy atom. The maximum atomic E-state index is 12.7. The normalized spacial score (nSPS) is 13.0. The summed E-state index contributed by atoms with van der Waals surface area (Å²) in [6.45, 7) is 3.54. The maximum Gasteiger partial charge on any atom is 0.416 e. The van der Waals surface area contributed by atoms with Crippen LogP contribution in [0.15, 0.2) is 47.5 Å². The van der Waals surface area contributed by atoms with E-state index in [1.54, 1.807) is 19.3 Å². The zero-order chi connectivity index (χ0) is 18.2. The third-order valence-electron chi connectivity index (χ3n) is 3.92. The minimum Gasteiger partial charge on any atom is -0.311 e. The van der Waals surface area contributed by atoms with Crippen LogP contribution in [0.1, 0.15) is 35.4 Å². The van der Waals surface area contributed by atoms with E-state index in [1.807, 2.05) is 6.92 Å². The first-order valence-electron chi connectivity index (χ1n) is 7.54. The summed E-state index contributed by atoms with van der Waals surface area (Å²) in [6, 6.07) is 6.38. The van der Waals surface area contributed by atoms with Crippen molar-refractivity contribution >= 4 is 0 Å². The third kappa shape index (κ3) is 3.62. The highest BCUT2D eigenvalue weighted by Gasteiger charge is 2.30. The topological polar surface area (TPSA) is 63.6 Å². The van der Waals surface area contributed by atoms with Crippen LogP contribution in [0.25, 0.3) is 5.82 Å². The molecule has 5 nitrogen and oxygen atoms in total. The van der Waals surface area contributed by atoms with Crippen LogP contribution in [0.2, 0.25) is 0 Å². The smallest absolute Gasteiger partial charge is 0.311 e. The molecule has 0 unspecified atom stereocenters. The second-order valence-corrected chi connectivity index (χ2v) is 5.75. The highest BCUT2D eigenvalue weighted by atomic mass is 19.4. The van der Waals surface area contributed by atoms with Gasteiger partial charge in [-0.15, -0.1) is 0 Å². The quantitative estimate of drug-likeness (QED) is 0.789. The molecule has 1 atom stereocenters. The van der Waals surface area contributed by atoms with Crippen LogP contribution in [0.3, 0.4) is 0 Å². The Hall–Kier alpha value is -2.90. The number of nitrogens with zero attached hydrogens (tertiary/aromatic N) is 3. The van der Waals surface area contributed by atoms with Gasteiger partial charge >= 0.3 is 6.18 Å². The number of aromatic nitrogens is 4. The summed E-state index contributed by atoms with van der Waals surface area (Å²) in [5.41, 5.74) is 0.583. The third-order valence-corrected chi connectivity index (χ3v) is 3.92. The number of benzene rings is 1. The number of alkyl halides is 3. The van der Waals surface area contributed by atoms with Gasteiger partial charge in [-0.25, -0.2) is 9.67 Å². The van der Waals surface area contributed by atoms with Crippen molar-refractivity contribution in [1.82, 2.24) is 19.7 Å². The highest BCUT2D eigenvalue weighted by molar-refractivity contribution is 5.33. The summed E-state index contributed by atoms with van der Waals surface area (Å²) in [5.74, 6) is 0.696. The van der Waals surface area contributed by atoms with E-state index in [-0.39, 0.29) is 11.5 Å². The minimum absolute atomic E-state index is 0.154. The van der Waals surface area contributed by atoms with Gasteiger partial charge in [0.2, 0.25) is 0 Å². The lowest BCUT2D eigenvalue weighted by molar-refractivity contribution is -0.137. The lowest BCUT2D eigenvalue weighted by Gasteiger charge is -2.12. The number of halogens is 3. The van der Waals surface area contributed by atoms with Crippen molar-refractivity contribution in [3.8, 4) is 5.82 Å². The zero-order valence-electron chi connectivity index (χ0n) is 13.5. The van der Waals surface area contributed by atoms with Crippen molar-refractivity contribution in [1.29, 1.82) is 0 Å². The summed E-state index contributed by atoms with van der Waals surface area (Å²) < 4.78 is 39.4. The summed E-state index contributed by atoms with van der Waals surface area (Å²) in [7, 11) is 0. The van der Waals surface area contributed by atoms with Crippen LogP contribution in [-0.4, -0.2) is 19.7 Å². The van der Waals surface area contributed by atoms with Gasteiger partial charge in [-0.3, -0.25) is 4.79 Å². The molecule has 130 valence electrons. The van der Waals surface area contributed by atoms with E-state index < -0.39 is 11.7 Å². The van der Waals surface area contributed by atoms with Crippen LogP contribution in [0.4, 0.5) is 13.2 Å². The molecule has 0 aliphatic heterocycles. The molecule has 0 radical (unpaired) electrons. The largest absolute Gasteiger partial charge is 0.416 e. The monoisotopic (exact) mass is 348 g/mol. The number of nitrogens with one attached hydrogen (secondary N) is 1. The van der Waals surface area contributed by atoms with Gasteiger partial charge < -0.3 is 4.98 Å². The lowest BCUT2D eigenvalue weighted by atomic mass is 9.95. The van der Waals surface area contributed by atoms with Gasteiger partial charge in [-0.05, 0) is 30.2 Å². The molecular weight excluding hydrogens is 333 g/mol. The molecule has 0 amide bonds. The molecule has 2 heterocycles. The summed E-state index contributed by atoms with van der Waals surface area (Å²) in [4.78, 5) is 18.3.